The molecule has 0 heterocycles. The Morgan fingerprint density at radius 2 is 2.00 bits per heavy atom. The largest absolute Gasteiger partial charge is 0.372 e. The van der Waals surface area contributed by atoms with Crippen molar-refractivity contribution in [3.8, 4) is 0 Å². The van der Waals surface area contributed by atoms with Gasteiger partial charge in [-0.15, -0.1) is 0 Å². The van der Waals surface area contributed by atoms with Gasteiger partial charge in [-0.2, -0.15) is 0 Å². The molecule has 3 nitrogen and oxygen atoms in total. The number of benzene rings is 1. The number of anilines is 2. The predicted octanol–water partition coefficient (Wildman–Crippen LogP) is 3.19. The molecule has 1 aliphatic rings. The zero-order valence-corrected chi connectivity index (χ0v) is 11.5. The Morgan fingerprint density at radius 1 is 1.33 bits per heavy atom. The van der Waals surface area contributed by atoms with Gasteiger partial charge >= 0.3 is 0 Å². The molecule has 1 aromatic carbocycles. The average Bonchev–Trinajstić information content (AvgIpc) is 3.18. The van der Waals surface area contributed by atoms with Crippen LogP contribution in [0.15, 0.2) is 18.2 Å². The van der Waals surface area contributed by atoms with Crippen molar-refractivity contribution in [2.24, 2.45) is 5.92 Å². The lowest BCUT2D eigenvalue weighted by atomic mass is 10.1. The lowest BCUT2D eigenvalue weighted by molar-refractivity contribution is -0.117. The van der Waals surface area contributed by atoms with Crippen molar-refractivity contribution in [2.45, 2.75) is 33.6 Å². The molecular formula is C15H22N2O. The zero-order chi connectivity index (χ0) is 13.1. The Morgan fingerprint density at radius 3 is 2.50 bits per heavy atom. The van der Waals surface area contributed by atoms with Gasteiger partial charge in [0.05, 0.1) is 0 Å². The van der Waals surface area contributed by atoms with Crippen LogP contribution in [-0.2, 0) is 4.79 Å². The van der Waals surface area contributed by atoms with Crippen LogP contribution in [0.4, 0.5) is 11.4 Å². The summed E-state index contributed by atoms with van der Waals surface area (Å²) in [5, 5.41) is 3.02. The normalized spacial score (nSPS) is 14.4. The lowest BCUT2D eigenvalue weighted by Crippen LogP contribution is -2.22. The van der Waals surface area contributed by atoms with Crippen molar-refractivity contribution in [3.63, 3.8) is 0 Å². The summed E-state index contributed by atoms with van der Waals surface area (Å²) < 4.78 is 0. The number of nitrogens with one attached hydrogen (secondary N) is 1. The number of nitrogens with zero attached hydrogens (tertiary/aromatic N) is 1. The molecule has 2 rings (SSSR count). The minimum absolute atomic E-state index is 0.175. The Kier molecular flexibility index (Phi) is 3.90. The molecule has 0 aliphatic heterocycles. The van der Waals surface area contributed by atoms with E-state index < -0.39 is 0 Å². The van der Waals surface area contributed by atoms with Crippen LogP contribution in [0.2, 0.25) is 0 Å². The third kappa shape index (κ3) is 2.84. The summed E-state index contributed by atoms with van der Waals surface area (Å²) in [7, 11) is 0. The first kappa shape index (κ1) is 12.9. The Labute approximate surface area is 109 Å². The summed E-state index contributed by atoms with van der Waals surface area (Å²) in [5.74, 6) is 0.431. The fourth-order valence-electron chi connectivity index (χ4n) is 2.15. The number of carbonyl (C=O) groups excluding carboxylic acids is 1. The van der Waals surface area contributed by atoms with Crippen LogP contribution in [0.5, 0.6) is 0 Å². The first-order valence-electron chi connectivity index (χ1n) is 6.82. The molecule has 1 amide bonds. The molecule has 0 atom stereocenters. The van der Waals surface area contributed by atoms with Gasteiger partial charge in [0.2, 0.25) is 5.91 Å². The molecule has 1 fully saturated rings. The number of hydrogen-bond acceptors (Lipinski definition) is 2. The topological polar surface area (TPSA) is 32.3 Å². The van der Waals surface area contributed by atoms with Crippen LogP contribution in [0, 0.1) is 12.8 Å². The first-order valence-corrected chi connectivity index (χ1v) is 6.82. The molecule has 1 aromatic rings. The van der Waals surface area contributed by atoms with Crippen LogP contribution in [-0.4, -0.2) is 19.0 Å². The second-order valence-electron chi connectivity index (χ2n) is 4.94. The Hall–Kier alpha value is -1.51. The van der Waals surface area contributed by atoms with E-state index in [9.17, 15) is 4.79 Å². The molecule has 1 N–H and O–H groups in total. The number of amides is 1. The Balaban J connectivity index is 2.11. The quantitative estimate of drug-likeness (QED) is 0.865. The minimum atomic E-state index is 0.175. The van der Waals surface area contributed by atoms with Crippen LogP contribution in [0.1, 0.15) is 32.3 Å². The highest BCUT2D eigenvalue weighted by molar-refractivity contribution is 5.94. The number of rotatable bonds is 5. The third-order valence-corrected chi connectivity index (χ3v) is 3.54. The first-order chi connectivity index (χ1) is 8.65. The highest BCUT2D eigenvalue weighted by Crippen LogP contribution is 2.31. The second kappa shape index (κ2) is 5.42. The second-order valence-corrected chi connectivity index (χ2v) is 4.94. The fourth-order valence-corrected chi connectivity index (χ4v) is 2.15. The summed E-state index contributed by atoms with van der Waals surface area (Å²) in [5.41, 5.74) is 3.30. The van der Waals surface area contributed by atoms with Crippen LogP contribution in [0.25, 0.3) is 0 Å². The van der Waals surface area contributed by atoms with Crippen LogP contribution < -0.4 is 10.2 Å². The van der Waals surface area contributed by atoms with Gasteiger partial charge in [-0.25, -0.2) is 0 Å². The summed E-state index contributed by atoms with van der Waals surface area (Å²) in [4.78, 5) is 14.0. The maximum absolute atomic E-state index is 11.7. The molecule has 3 heteroatoms. The van der Waals surface area contributed by atoms with E-state index in [4.69, 9.17) is 0 Å². The van der Waals surface area contributed by atoms with Gasteiger partial charge in [-0.3, -0.25) is 4.79 Å². The maximum Gasteiger partial charge on any atom is 0.227 e. The predicted molar refractivity (Wildman–Crippen MR) is 76.1 cm³/mol. The highest BCUT2D eigenvalue weighted by Gasteiger charge is 2.29. The van der Waals surface area contributed by atoms with Gasteiger partial charge in [-0.05, 0) is 57.4 Å². The molecule has 0 bridgehead atoms. The van der Waals surface area contributed by atoms with Gasteiger partial charge in [-0.1, -0.05) is 0 Å². The summed E-state index contributed by atoms with van der Waals surface area (Å²) in [6, 6.07) is 6.25. The van der Waals surface area contributed by atoms with E-state index in [1.165, 1.54) is 5.69 Å². The molecule has 0 radical (unpaired) electrons. The van der Waals surface area contributed by atoms with E-state index in [0.717, 1.165) is 37.2 Å². The molecule has 18 heavy (non-hydrogen) atoms. The lowest BCUT2D eigenvalue weighted by Gasteiger charge is -2.22. The van der Waals surface area contributed by atoms with Crippen LogP contribution >= 0.6 is 0 Å². The van der Waals surface area contributed by atoms with Gasteiger partial charge < -0.3 is 10.2 Å². The van der Waals surface area contributed by atoms with E-state index in [-0.39, 0.29) is 11.8 Å². The average molecular weight is 246 g/mol. The molecule has 1 aliphatic carbocycles. The van der Waals surface area contributed by atoms with Crippen molar-refractivity contribution in [3.05, 3.63) is 23.8 Å². The molecule has 1 saturated carbocycles. The maximum atomic E-state index is 11.7. The van der Waals surface area contributed by atoms with Crippen molar-refractivity contribution in [1.29, 1.82) is 0 Å². The van der Waals surface area contributed by atoms with Gasteiger partial charge in [0.25, 0.3) is 0 Å². The van der Waals surface area contributed by atoms with E-state index in [1.54, 1.807) is 0 Å². The fraction of sp³-hybridized carbons (Fsp3) is 0.533. The summed E-state index contributed by atoms with van der Waals surface area (Å²) >= 11 is 0. The molecule has 0 saturated heterocycles. The highest BCUT2D eigenvalue weighted by atomic mass is 16.2. The van der Waals surface area contributed by atoms with E-state index in [1.807, 2.05) is 6.07 Å². The van der Waals surface area contributed by atoms with Gasteiger partial charge in [0.1, 0.15) is 0 Å². The summed E-state index contributed by atoms with van der Waals surface area (Å²) in [6.45, 7) is 8.37. The van der Waals surface area contributed by atoms with E-state index >= 15 is 0 Å². The third-order valence-electron chi connectivity index (χ3n) is 3.54. The molecule has 98 valence electrons. The number of carbonyl (C=O) groups is 1. The van der Waals surface area contributed by atoms with E-state index in [0.29, 0.717) is 0 Å². The molecule has 0 unspecified atom stereocenters. The van der Waals surface area contributed by atoms with Crippen LogP contribution in [0.3, 0.4) is 0 Å². The Bertz CT molecular complexity index is 434. The van der Waals surface area contributed by atoms with Crippen molar-refractivity contribution >= 4 is 17.3 Å². The van der Waals surface area contributed by atoms with Crippen molar-refractivity contribution in [2.75, 3.05) is 23.3 Å². The standard InChI is InChI=1S/C15H22N2O/c1-4-17(5-2)13-8-9-14(11(3)10-13)16-15(18)12-6-7-12/h8-10,12H,4-7H2,1-3H3,(H,16,18). The number of aryl methyl sites for hydroxylation is 1. The van der Waals surface area contributed by atoms with Gasteiger partial charge in [0, 0.05) is 30.4 Å². The molecular weight excluding hydrogens is 224 g/mol. The SMILES string of the molecule is CCN(CC)c1ccc(NC(=O)C2CC2)c(C)c1. The zero-order valence-electron chi connectivity index (χ0n) is 11.5. The molecule has 0 spiro atoms. The number of hydrogen-bond donors (Lipinski definition) is 1. The molecule has 0 aromatic heterocycles. The smallest absolute Gasteiger partial charge is 0.227 e. The monoisotopic (exact) mass is 246 g/mol. The van der Waals surface area contributed by atoms with Crippen molar-refractivity contribution < 1.29 is 4.79 Å². The summed E-state index contributed by atoms with van der Waals surface area (Å²) in [6.07, 6.45) is 2.09. The minimum Gasteiger partial charge on any atom is -0.372 e. The van der Waals surface area contributed by atoms with E-state index in [2.05, 4.69) is 43.1 Å². The van der Waals surface area contributed by atoms with Crippen molar-refractivity contribution in [1.82, 2.24) is 0 Å². The van der Waals surface area contributed by atoms with Gasteiger partial charge in [0.15, 0.2) is 0 Å².